The summed E-state index contributed by atoms with van der Waals surface area (Å²) in [6.45, 7) is 14.3. The van der Waals surface area contributed by atoms with E-state index in [4.69, 9.17) is 37.0 Å². The van der Waals surface area contributed by atoms with Crippen molar-refractivity contribution in [1.29, 1.82) is 0 Å². The lowest BCUT2D eigenvalue weighted by Gasteiger charge is -2.21. The molecule has 0 bridgehead atoms. The van der Waals surface area contributed by atoms with E-state index in [9.17, 15) is 43.2 Å². The Labute approximate surface area is 632 Å². The monoisotopic (exact) mass is 1510 g/mol. The maximum absolute atomic E-state index is 13.1. The van der Waals surface area contributed by atoms with Crippen LogP contribution in [-0.4, -0.2) is 96.7 Å². The minimum absolute atomic E-state index is 0.107. The van der Waals surface area contributed by atoms with Crippen molar-refractivity contribution in [1.82, 2.24) is 0 Å². The highest BCUT2D eigenvalue weighted by Gasteiger charge is 2.30. The number of aliphatic hydroxyl groups excluding tert-OH is 1. The number of hydrogen-bond donors (Lipinski definition) is 3. The van der Waals surface area contributed by atoms with Gasteiger partial charge in [0.25, 0.3) is 0 Å². The van der Waals surface area contributed by atoms with Gasteiger partial charge in [-0.25, -0.2) is 9.13 Å². The van der Waals surface area contributed by atoms with E-state index in [1.807, 2.05) is 0 Å². The van der Waals surface area contributed by atoms with Crippen molar-refractivity contribution in [2.75, 3.05) is 39.6 Å². The summed E-state index contributed by atoms with van der Waals surface area (Å²) in [5, 5.41) is 10.7. The number of phosphoric acid groups is 2. The van der Waals surface area contributed by atoms with Crippen molar-refractivity contribution in [2.45, 2.75) is 453 Å². The smallest absolute Gasteiger partial charge is 0.462 e. The van der Waals surface area contributed by atoms with Crippen LogP contribution in [0.25, 0.3) is 0 Å². The first-order valence-corrected chi connectivity index (χ1v) is 46.2. The number of unbranched alkanes of at least 4 members (excludes halogenated alkanes) is 47. The van der Waals surface area contributed by atoms with Gasteiger partial charge in [-0.2, -0.15) is 0 Å². The van der Waals surface area contributed by atoms with Gasteiger partial charge < -0.3 is 33.8 Å². The van der Waals surface area contributed by atoms with Crippen LogP contribution in [-0.2, 0) is 65.4 Å². The first-order chi connectivity index (χ1) is 49.6. The van der Waals surface area contributed by atoms with Crippen LogP contribution in [0.5, 0.6) is 0 Å². The van der Waals surface area contributed by atoms with Crippen LogP contribution in [0.3, 0.4) is 0 Å². The molecule has 0 aliphatic carbocycles. The fraction of sp³-hybridized carbons (Fsp3) is 0.952. The summed E-state index contributed by atoms with van der Waals surface area (Å²) in [5.74, 6) is 0.981. The molecular formula is C84H164O17P2. The summed E-state index contributed by atoms with van der Waals surface area (Å²) in [7, 11) is -9.93. The molecule has 103 heavy (non-hydrogen) atoms. The van der Waals surface area contributed by atoms with Gasteiger partial charge in [0.1, 0.15) is 19.3 Å². The lowest BCUT2D eigenvalue weighted by molar-refractivity contribution is -0.161. The summed E-state index contributed by atoms with van der Waals surface area (Å²) >= 11 is 0. The van der Waals surface area contributed by atoms with Crippen LogP contribution in [0.4, 0.5) is 0 Å². The Morgan fingerprint density at radius 3 is 0.602 bits per heavy atom. The molecule has 0 radical (unpaired) electrons. The number of phosphoric ester groups is 2. The van der Waals surface area contributed by atoms with E-state index in [-0.39, 0.29) is 25.7 Å². The predicted octanol–water partition coefficient (Wildman–Crippen LogP) is 25.2. The molecule has 0 rings (SSSR count). The maximum atomic E-state index is 13.1. The van der Waals surface area contributed by atoms with Gasteiger partial charge in [0.2, 0.25) is 0 Å². The first kappa shape index (κ1) is 101. The largest absolute Gasteiger partial charge is 0.472 e. The fourth-order valence-electron chi connectivity index (χ4n) is 13.0. The van der Waals surface area contributed by atoms with Gasteiger partial charge in [-0.05, 0) is 49.4 Å². The average molecular weight is 1510 g/mol. The maximum Gasteiger partial charge on any atom is 0.472 e. The van der Waals surface area contributed by atoms with E-state index in [2.05, 4.69) is 55.4 Å². The Kier molecular flexibility index (Phi) is 71.5. The molecule has 0 saturated heterocycles. The van der Waals surface area contributed by atoms with Crippen LogP contribution in [0.1, 0.15) is 434 Å². The number of carbonyl (C=O) groups excluding carboxylic acids is 4. The fourth-order valence-corrected chi connectivity index (χ4v) is 14.5. The second-order valence-corrected chi connectivity index (χ2v) is 35.0. The third-order valence-electron chi connectivity index (χ3n) is 19.6. The topological polar surface area (TPSA) is 237 Å². The molecule has 0 aromatic rings. The molecule has 0 heterocycles. The second kappa shape index (κ2) is 72.9. The molecule has 0 aliphatic heterocycles. The number of aliphatic hydroxyl groups is 1. The SMILES string of the molecule is CC(C)CCCCCCCCCCCCCCCCCCCCC(=O)O[C@H](COC(=O)CCCCCCCCCC(C)C)COP(=O)(O)OCC(O)COP(=O)(O)OC[C@@H](COC(=O)CCCCCCCCCCCCC(C)C)OC(=O)CCCCCCCCCCCCCCCCCCC(C)C. The second-order valence-electron chi connectivity index (χ2n) is 32.1. The van der Waals surface area contributed by atoms with Gasteiger partial charge in [-0.1, -0.05) is 383 Å². The molecule has 612 valence electrons. The van der Waals surface area contributed by atoms with Gasteiger partial charge in [-0.3, -0.25) is 37.3 Å². The highest BCUT2D eigenvalue weighted by molar-refractivity contribution is 7.47. The zero-order valence-electron chi connectivity index (χ0n) is 68.0. The third kappa shape index (κ3) is 78.0. The van der Waals surface area contributed by atoms with Crippen LogP contribution in [0.15, 0.2) is 0 Å². The summed E-state index contributed by atoms with van der Waals surface area (Å²) in [6.07, 6.45) is 61.2. The van der Waals surface area contributed by atoms with Crippen molar-refractivity contribution in [3.63, 3.8) is 0 Å². The summed E-state index contributed by atoms with van der Waals surface area (Å²) in [5.41, 5.74) is 0. The Morgan fingerprint density at radius 1 is 0.243 bits per heavy atom. The van der Waals surface area contributed by atoms with E-state index < -0.39 is 97.5 Å². The normalized spacial score (nSPS) is 14.0. The zero-order chi connectivity index (χ0) is 76.0. The van der Waals surface area contributed by atoms with Crippen LogP contribution in [0.2, 0.25) is 0 Å². The molecule has 0 saturated carbocycles. The van der Waals surface area contributed by atoms with E-state index >= 15 is 0 Å². The minimum atomic E-state index is -4.96. The quantitative estimate of drug-likeness (QED) is 0.0222. The van der Waals surface area contributed by atoms with Crippen molar-refractivity contribution < 1.29 is 80.2 Å². The Hall–Kier alpha value is -1.94. The Balaban J connectivity index is 5.20. The Bertz CT molecular complexity index is 2010. The van der Waals surface area contributed by atoms with Crippen molar-refractivity contribution >= 4 is 39.5 Å². The zero-order valence-corrected chi connectivity index (χ0v) is 69.7. The van der Waals surface area contributed by atoms with Crippen LogP contribution >= 0.6 is 15.6 Å². The van der Waals surface area contributed by atoms with Gasteiger partial charge >= 0.3 is 39.5 Å². The van der Waals surface area contributed by atoms with Crippen molar-refractivity contribution in [2.24, 2.45) is 23.7 Å². The van der Waals surface area contributed by atoms with E-state index in [1.54, 1.807) is 0 Å². The van der Waals surface area contributed by atoms with Gasteiger partial charge in [-0.15, -0.1) is 0 Å². The van der Waals surface area contributed by atoms with E-state index in [0.29, 0.717) is 31.6 Å². The number of ether oxygens (including phenoxy) is 4. The number of hydrogen-bond acceptors (Lipinski definition) is 15. The third-order valence-corrected chi connectivity index (χ3v) is 21.5. The van der Waals surface area contributed by atoms with E-state index in [0.717, 1.165) is 114 Å². The van der Waals surface area contributed by atoms with Gasteiger partial charge in [0, 0.05) is 25.7 Å². The summed E-state index contributed by atoms with van der Waals surface area (Å²) in [4.78, 5) is 73.1. The first-order valence-electron chi connectivity index (χ1n) is 43.2. The van der Waals surface area contributed by atoms with Crippen molar-refractivity contribution in [3.05, 3.63) is 0 Å². The van der Waals surface area contributed by atoms with Crippen LogP contribution in [0, 0.1) is 23.7 Å². The van der Waals surface area contributed by atoms with Crippen molar-refractivity contribution in [3.8, 4) is 0 Å². The molecule has 17 nitrogen and oxygen atoms in total. The molecule has 0 aromatic carbocycles. The molecule has 3 N–H and O–H groups in total. The molecule has 0 aromatic heterocycles. The molecule has 0 fully saturated rings. The predicted molar refractivity (Wildman–Crippen MR) is 423 cm³/mol. The number of carbonyl (C=O) groups is 4. The molecule has 0 spiro atoms. The summed E-state index contributed by atoms with van der Waals surface area (Å²) in [6, 6.07) is 0. The minimum Gasteiger partial charge on any atom is -0.462 e. The molecule has 5 atom stereocenters. The molecule has 3 unspecified atom stereocenters. The lowest BCUT2D eigenvalue weighted by atomic mass is 10.0. The standard InChI is InChI=1S/C84H164O17P2/c1-74(2)60-52-44-36-29-23-19-15-11-9-10-12-17-21-25-33-41-50-58-67-84(89)101-80(71-95-82(87)65-57-49-43-35-39-47-55-63-77(7)8)73-99-103(92,93)97-69-78(85)68-96-102(90,91)98-72-79(70-94-81(86)64-56-48-40-32-28-27-31-38-46-54-62-76(5)6)100-83(88)66-59-51-42-34-26-22-18-14-13-16-20-24-30-37-45-53-61-75(3)4/h74-80,85H,9-73H2,1-8H3,(H,90,91)(H,92,93)/t78?,79-,80-/m1/s1. The molecular weight excluding hydrogens is 1340 g/mol. The number of esters is 4. The molecule has 19 heteroatoms. The highest BCUT2D eigenvalue weighted by atomic mass is 31.2. The van der Waals surface area contributed by atoms with Gasteiger partial charge in [0.15, 0.2) is 12.2 Å². The highest BCUT2D eigenvalue weighted by Crippen LogP contribution is 2.45. The average Bonchev–Trinajstić information content (AvgIpc) is 0.912. The number of rotatable bonds is 81. The lowest BCUT2D eigenvalue weighted by Crippen LogP contribution is -2.30. The Morgan fingerprint density at radius 2 is 0.408 bits per heavy atom. The molecule has 0 amide bonds. The van der Waals surface area contributed by atoms with Crippen LogP contribution < -0.4 is 0 Å². The summed E-state index contributed by atoms with van der Waals surface area (Å²) < 4.78 is 68.8. The van der Waals surface area contributed by atoms with Gasteiger partial charge in [0.05, 0.1) is 26.4 Å². The molecule has 0 aliphatic rings. The van der Waals surface area contributed by atoms with E-state index in [1.165, 1.54) is 231 Å².